The minimum Gasteiger partial charge on any atom is -0.383 e. The molecule has 0 radical (unpaired) electrons. The zero-order valence-corrected chi connectivity index (χ0v) is 9.97. The molecule has 8 heteroatoms. The Bertz CT molecular complexity index is 233. The normalized spacial score (nSPS) is 14.6. The molecule has 0 spiro atoms. The van der Waals surface area contributed by atoms with Gasteiger partial charge in [-0.05, 0) is 13.3 Å². The standard InChI is InChI=1S/C9H19F3N4O/c1-7(6-17-2)15-8(16-13)14-5-3-4-9(10,11)12/h7H,3-6,13H2,1-2H3,(H2,14,15,16). The van der Waals surface area contributed by atoms with E-state index in [4.69, 9.17) is 10.6 Å². The van der Waals surface area contributed by atoms with Crippen LogP contribution >= 0.6 is 0 Å². The van der Waals surface area contributed by atoms with Crippen molar-refractivity contribution in [3.63, 3.8) is 0 Å². The number of ether oxygens (including phenoxy) is 1. The number of methoxy groups -OCH3 is 1. The van der Waals surface area contributed by atoms with Crippen LogP contribution in [0.5, 0.6) is 0 Å². The zero-order chi connectivity index (χ0) is 13.3. The van der Waals surface area contributed by atoms with Crippen LogP contribution in [0.25, 0.3) is 0 Å². The smallest absolute Gasteiger partial charge is 0.383 e. The van der Waals surface area contributed by atoms with Gasteiger partial charge in [0.1, 0.15) is 0 Å². The van der Waals surface area contributed by atoms with Crippen molar-refractivity contribution in [3.05, 3.63) is 0 Å². The van der Waals surface area contributed by atoms with Gasteiger partial charge in [0.05, 0.1) is 6.61 Å². The van der Waals surface area contributed by atoms with Crippen LogP contribution in [-0.2, 0) is 4.74 Å². The molecule has 0 aromatic heterocycles. The Labute approximate surface area is 98.6 Å². The summed E-state index contributed by atoms with van der Waals surface area (Å²) in [7, 11) is 1.55. The first kappa shape index (κ1) is 16.0. The number of nitrogens with two attached hydrogens (primary N) is 1. The van der Waals surface area contributed by atoms with E-state index in [1.165, 1.54) is 0 Å². The van der Waals surface area contributed by atoms with E-state index in [1.807, 2.05) is 6.92 Å². The molecule has 102 valence electrons. The van der Waals surface area contributed by atoms with Crippen LogP contribution in [0.4, 0.5) is 13.2 Å². The molecule has 17 heavy (non-hydrogen) atoms. The molecule has 0 heterocycles. The van der Waals surface area contributed by atoms with Crippen molar-refractivity contribution < 1.29 is 17.9 Å². The molecular formula is C9H19F3N4O. The van der Waals surface area contributed by atoms with Crippen LogP contribution in [0.15, 0.2) is 4.99 Å². The second kappa shape index (κ2) is 8.13. The minimum absolute atomic E-state index is 0.0302. The molecule has 1 unspecified atom stereocenters. The number of hydrogen-bond donors (Lipinski definition) is 3. The lowest BCUT2D eigenvalue weighted by Crippen LogP contribution is -2.46. The van der Waals surface area contributed by atoms with Crippen molar-refractivity contribution in [3.8, 4) is 0 Å². The van der Waals surface area contributed by atoms with Gasteiger partial charge in [-0.25, -0.2) is 5.84 Å². The third-order valence-corrected chi connectivity index (χ3v) is 1.82. The summed E-state index contributed by atoms with van der Waals surface area (Å²) < 4.78 is 40.4. The molecule has 0 rings (SSSR count). The van der Waals surface area contributed by atoms with E-state index >= 15 is 0 Å². The van der Waals surface area contributed by atoms with Crippen LogP contribution in [0.2, 0.25) is 0 Å². The van der Waals surface area contributed by atoms with Crippen molar-refractivity contribution in [2.24, 2.45) is 10.8 Å². The SMILES string of the molecule is COCC(C)NC(=NCCCC(F)(F)F)NN. The van der Waals surface area contributed by atoms with Crippen molar-refractivity contribution in [2.45, 2.75) is 32.0 Å². The van der Waals surface area contributed by atoms with Gasteiger partial charge in [0, 0.05) is 26.1 Å². The van der Waals surface area contributed by atoms with Gasteiger partial charge in [-0.3, -0.25) is 10.4 Å². The van der Waals surface area contributed by atoms with Crippen LogP contribution in [0, 0.1) is 0 Å². The number of halogens is 3. The summed E-state index contributed by atoms with van der Waals surface area (Å²) in [6.07, 6.45) is -5.04. The predicted octanol–water partition coefficient (Wildman–Crippen LogP) is 0.773. The first-order valence-corrected chi connectivity index (χ1v) is 5.22. The predicted molar refractivity (Wildman–Crippen MR) is 59.4 cm³/mol. The Morgan fingerprint density at radius 3 is 2.59 bits per heavy atom. The van der Waals surface area contributed by atoms with Gasteiger partial charge >= 0.3 is 6.18 Å². The minimum atomic E-state index is -4.14. The Morgan fingerprint density at radius 2 is 2.12 bits per heavy atom. The fourth-order valence-electron chi connectivity index (χ4n) is 1.13. The summed E-state index contributed by atoms with van der Waals surface area (Å²) >= 11 is 0. The number of alkyl halides is 3. The Hall–Kier alpha value is -1.02. The number of nitrogens with zero attached hydrogens (tertiary/aromatic N) is 1. The van der Waals surface area contributed by atoms with Gasteiger partial charge in [-0.1, -0.05) is 0 Å². The van der Waals surface area contributed by atoms with Crippen molar-refractivity contribution in [2.75, 3.05) is 20.3 Å². The molecule has 0 aliphatic carbocycles. The number of guanidine groups is 1. The summed E-state index contributed by atoms with van der Waals surface area (Å²) in [5.74, 6) is 5.44. The van der Waals surface area contributed by atoms with E-state index in [0.717, 1.165) is 0 Å². The molecule has 0 fully saturated rings. The topological polar surface area (TPSA) is 71.7 Å². The highest BCUT2D eigenvalue weighted by atomic mass is 19.4. The fourth-order valence-corrected chi connectivity index (χ4v) is 1.13. The fraction of sp³-hybridized carbons (Fsp3) is 0.889. The second-order valence-electron chi connectivity index (χ2n) is 3.59. The molecule has 0 saturated carbocycles. The maximum atomic E-state index is 11.9. The number of aliphatic imine (C=N–C) groups is 1. The number of nitrogens with one attached hydrogen (secondary N) is 2. The molecular weight excluding hydrogens is 237 g/mol. The van der Waals surface area contributed by atoms with Crippen molar-refractivity contribution >= 4 is 5.96 Å². The van der Waals surface area contributed by atoms with Gasteiger partial charge in [0.2, 0.25) is 5.96 Å². The molecule has 0 saturated heterocycles. The lowest BCUT2D eigenvalue weighted by molar-refractivity contribution is -0.134. The molecule has 0 bridgehead atoms. The number of hydrogen-bond acceptors (Lipinski definition) is 3. The van der Waals surface area contributed by atoms with Crippen LogP contribution in [-0.4, -0.2) is 38.4 Å². The highest BCUT2D eigenvalue weighted by molar-refractivity contribution is 5.79. The quantitative estimate of drug-likeness (QED) is 0.216. The third kappa shape index (κ3) is 9.88. The van der Waals surface area contributed by atoms with Crippen LogP contribution in [0.3, 0.4) is 0 Å². The second-order valence-corrected chi connectivity index (χ2v) is 3.59. The van der Waals surface area contributed by atoms with E-state index in [1.54, 1.807) is 7.11 Å². The first-order valence-electron chi connectivity index (χ1n) is 5.22. The first-order chi connectivity index (χ1) is 7.89. The number of rotatable bonds is 6. The zero-order valence-electron chi connectivity index (χ0n) is 9.97. The third-order valence-electron chi connectivity index (χ3n) is 1.82. The monoisotopic (exact) mass is 256 g/mol. The summed E-state index contributed by atoms with van der Waals surface area (Å²) in [6.45, 7) is 2.35. The van der Waals surface area contributed by atoms with Gasteiger partial charge in [-0.15, -0.1) is 0 Å². The van der Waals surface area contributed by atoms with Crippen LogP contribution in [0.1, 0.15) is 19.8 Å². The maximum absolute atomic E-state index is 11.9. The lowest BCUT2D eigenvalue weighted by Gasteiger charge is -2.15. The Balaban J connectivity index is 3.92. The molecule has 0 aromatic rings. The van der Waals surface area contributed by atoms with Crippen LogP contribution < -0.4 is 16.6 Å². The lowest BCUT2D eigenvalue weighted by atomic mass is 10.3. The number of hydrazine groups is 1. The van der Waals surface area contributed by atoms with Gasteiger partial charge < -0.3 is 10.1 Å². The average Bonchev–Trinajstić information content (AvgIpc) is 2.21. The maximum Gasteiger partial charge on any atom is 0.389 e. The van der Waals surface area contributed by atoms with Gasteiger partial charge in [-0.2, -0.15) is 13.2 Å². The average molecular weight is 256 g/mol. The Morgan fingerprint density at radius 1 is 1.47 bits per heavy atom. The van der Waals surface area contributed by atoms with E-state index in [9.17, 15) is 13.2 Å². The van der Waals surface area contributed by atoms with E-state index < -0.39 is 12.6 Å². The summed E-state index contributed by atoms with van der Waals surface area (Å²) in [5, 5.41) is 2.87. The molecule has 0 aliphatic heterocycles. The molecule has 4 N–H and O–H groups in total. The van der Waals surface area contributed by atoms with Crippen molar-refractivity contribution in [1.29, 1.82) is 0 Å². The Kier molecular flexibility index (Phi) is 7.64. The summed E-state index contributed by atoms with van der Waals surface area (Å²) in [5.41, 5.74) is 2.29. The summed E-state index contributed by atoms with van der Waals surface area (Å²) in [6, 6.07) is -0.0302. The molecule has 0 aliphatic rings. The summed E-state index contributed by atoms with van der Waals surface area (Å²) in [4.78, 5) is 3.88. The van der Waals surface area contributed by atoms with E-state index in [-0.39, 0.29) is 25.0 Å². The van der Waals surface area contributed by atoms with Gasteiger partial charge in [0.25, 0.3) is 0 Å². The molecule has 1 atom stereocenters. The van der Waals surface area contributed by atoms with Crippen molar-refractivity contribution in [1.82, 2.24) is 10.7 Å². The highest BCUT2D eigenvalue weighted by Crippen LogP contribution is 2.20. The van der Waals surface area contributed by atoms with E-state index in [0.29, 0.717) is 6.61 Å². The molecule has 0 aromatic carbocycles. The molecule has 0 amide bonds. The van der Waals surface area contributed by atoms with Gasteiger partial charge in [0.15, 0.2) is 0 Å². The van der Waals surface area contributed by atoms with E-state index in [2.05, 4.69) is 15.7 Å². The molecule has 5 nitrogen and oxygen atoms in total. The highest BCUT2D eigenvalue weighted by Gasteiger charge is 2.25. The largest absolute Gasteiger partial charge is 0.389 e.